The van der Waals surface area contributed by atoms with Crippen LogP contribution in [0.2, 0.25) is 0 Å². The van der Waals surface area contributed by atoms with Gasteiger partial charge in [0.05, 0.1) is 17.6 Å². The van der Waals surface area contributed by atoms with E-state index in [4.69, 9.17) is 4.74 Å². The standard InChI is InChI=1S/C12H13BrF3NO4/c1-7(18)9-5-8(13)6-10(17(19)20)11(9)21-4-2-3-12(14,15)16/h5-7,18H,2-4H2,1H3/t7-/m0/s1. The van der Waals surface area contributed by atoms with E-state index in [1.807, 2.05) is 0 Å². The number of hydrogen-bond donors (Lipinski definition) is 1. The lowest BCUT2D eigenvalue weighted by Gasteiger charge is -2.14. The number of aliphatic hydroxyl groups is 1. The van der Waals surface area contributed by atoms with Gasteiger partial charge < -0.3 is 9.84 Å². The first-order valence-corrected chi connectivity index (χ1v) is 6.76. The van der Waals surface area contributed by atoms with Gasteiger partial charge in [-0.3, -0.25) is 10.1 Å². The van der Waals surface area contributed by atoms with Gasteiger partial charge in [-0.05, 0) is 19.4 Å². The van der Waals surface area contributed by atoms with Crippen molar-refractivity contribution in [1.82, 2.24) is 0 Å². The van der Waals surface area contributed by atoms with Crippen LogP contribution >= 0.6 is 15.9 Å². The Hall–Kier alpha value is -1.35. The van der Waals surface area contributed by atoms with Gasteiger partial charge in [0.15, 0.2) is 0 Å². The summed E-state index contributed by atoms with van der Waals surface area (Å²) in [5, 5.41) is 20.6. The summed E-state index contributed by atoms with van der Waals surface area (Å²) in [5.41, 5.74) is -0.268. The largest absolute Gasteiger partial charge is 0.487 e. The third-order valence-corrected chi connectivity index (χ3v) is 3.02. The normalized spacial score (nSPS) is 13.0. The summed E-state index contributed by atoms with van der Waals surface area (Å²) in [5.74, 6) is -0.208. The van der Waals surface area contributed by atoms with Gasteiger partial charge in [-0.2, -0.15) is 13.2 Å². The maximum absolute atomic E-state index is 12.0. The van der Waals surface area contributed by atoms with Crippen molar-refractivity contribution in [3.8, 4) is 5.75 Å². The molecule has 5 nitrogen and oxygen atoms in total. The van der Waals surface area contributed by atoms with Crippen molar-refractivity contribution in [3.05, 3.63) is 32.3 Å². The molecule has 0 spiro atoms. The van der Waals surface area contributed by atoms with Crippen LogP contribution in [0.25, 0.3) is 0 Å². The van der Waals surface area contributed by atoms with Crippen LogP contribution in [-0.2, 0) is 0 Å². The second-order valence-electron chi connectivity index (χ2n) is 4.34. The molecule has 118 valence electrons. The van der Waals surface area contributed by atoms with Gasteiger partial charge in [0, 0.05) is 22.5 Å². The Morgan fingerprint density at radius 3 is 2.57 bits per heavy atom. The minimum Gasteiger partial charge on any atom is -0.487 e. The predicted octanol–water partition coefficient (Wildman–Crippen LogP) is 4.13. The molecule has 0 saturated heterocycles. The fourth-order valence-corrected chi connectivity index (χ4v) is 2.11. The number of hydrogen-bond acceptors (Lipinski definition) is 4. The van der Waals surface area contributed by atoms with E-state index in [0.29, 0.717) is 4.47 Å². The van der Waals surface area contributed by atoms with E-state index in [1.54, 1.807) is 0 Å². The van der Waals surface area contributed by atoms with E-state index in [0.717, 1.165) is 0 Å². The lowest BCUT2D eigenvalue weighted by molar-refractivity contribution is -0.386. The minimum absolute atomic E-state index is 0.142. The van der Waals surface area contributed by atoms with Crippen molar-refractivity contribution in [1.29, 1.82) is 0 Å². The average Bonchev–Trinajstić information content (AvgIpc) is 2.33. The summed E-state index contributed by atoms with van der Waals surface area (Å²) < 4.78 is 41.6. The van der Waals surface area contributed by atoms with Crippen LogP contribution in [0.15, 0.2) is 16.6 Å². The first kappa shape index (κ1) is 17.7. The van der Waals surface area contributed by atoms with E-state index in [1.165, 1.54) is 19.1 Å². The highest BCUT2D eigenvalue weighted by Crippen LogP contribution is 2.38. The summed E-state index contributed by atoms with van der Waals surface area (Å²) >= 11 is 3.07. The Kier molecular flexibility index (Phi) is 5.97. The number of alkyl halides is 3. The smallest absolute Gasteiger partial charge is 0.389 e. The molecule has 1 N–H and O–H groups in total. The molecule has 0 aliphatic heterocycles. The van der Waals surface area contributed by atoms with Gasteiger partial charge >= 0.3 is 11.9 Å². The number of rotatable bonds is 6. The van der Waals surface area contributed by atoms with Gasteiger partial charge in [0.1, 0.15) is 0 Å². The summed E-state index contributed by atoms with van der Waals surface area (Å²) in [4.78, 5) is 10.3. The van der Waals surface area contributed by atoms with Crippen LogP contribution in [0.1, 0.15) is 31.4 Å². The maximum Gasteiger partial charge on any atom is 0.389 e. The molecule has 1 rings (SSSR count). The maximum atomic E-state index is 12.0. The zero-order chi connectivity index (χ0) is 16.2. The fourth-order valence-electron chi connectivity index (χ4n) is 1.65. The highest BCUT2D eigenvalue weighted by Gasteiger charge is 2.27. The Morgan fingerprint density at radius 2 is 2.10 bits per heavy atom. The number of aliphatic hydroxyl groups excluding tert-OH is 1. The van der Waals surface area contributed by atoms with Gasteiger partial charge in [-0.1, -0.05) is 15.9 Å². The van der Waals surface area contributed by atoms with Crippen LogP contribution in [0.5, 0.6) is 5.75 Å². The molecule has 0 radical (unpaired) electrons. The first-order chi connectivity index (χ1) is 9.61. The summed E-state index contributed by atoms with van der Waals surface area (Å²) in [6.45, 7) is 1.05. The topological polar surface area (TPSA) is 72.6 Å². The molecule has 1 aromatic carbocycles. The van der Waals surface area contributed by atoms with Gasteiger partial charge in [-0.25, -0.2) is 0 Å². The molecule has 0 aliphatic rings. The SMILES string of the molecule is C[C@H](O)c1cc(Br)cc([N+](=O)[O-])c1OCCCC(F)(F)F. The summed E-state index contributed by atoms with van der Waals surface area (Å²) in [6, 6.07) is 2.60. The molecular formula is C12H13BrF3NO4. The molecule has 0 unspecified atom stereocenters. The minimum atomic E-state index is -4.30. The quantitative estimate of drug-likeness (QED) is 0.463. The van der Waals surface area contributed by atoms with Crippen LogP contribution in [0.4, 0.5) is 18.9 Å². The molecule has 0 bridgehead atoms. The van der Waals surface area contributed by atoms with Crippen molar-refractivity contribution in [2.75, 3.05) is 6.61 Å². The van der Waals surface area contributed by atoms with Crippen molar-refractivity contribution >= 4 is 21.6 Å². The van der Waals surface area contributed by atoms with Gasteiger partial charge in [-0.15, -0.1) is 0 Å². The third-order valence-electron chi connectivity index (χ3n) is 2.56. The van der Waals surface area contributed by atoms with Gasteiger partial charge in [0.25, 0.3) is 0 Å². The Labute approximate surface area is 127 Å². The molecule has 21 heavy (non-hydrogen) atoms. The summed E-state index contributed by atoms with van der Waals surface area (Å²) in [6.07, 6.45) is -6.72. The molecule has 1 atom stereocenters. The second-order valence-corrected chi connectivity index (χ2v) is 5.26. The number of halogens is 4. The zero-order valence-electron chi connectivity index (χ0n) is 11.0. The van der Waals surface area contributed by atoms with E-state index < -0.39 is 29.3 Å². The lowest BCUT2D eigenvalue weighted by atomic mass is 10.1. The number of nitrogens with zero attached hydrogens (tertiary/aromatic N) is 1. The van der Waals surface area contributed by atoms with Crippen LogP contribution in [0.3, 0.4) is 0 Å². The van der Waals surface area contributed by atoms with Crippen molar-refractivity contribution in [3.63, 3.8) is 0 Å². The lowest BCUT2D eigenvalue weighted by Crippen LogP contribution is -2.11. The fraction of sp³-hybridized carbons (Fsp3) is 0.500. The van der Waals surface area contributed by atoms with Crippen LogP contribution < -0.4 is 4.74 Å². The molecule has 0 aromatic heterocycles. The second kappa shape index (κ2) is 7.08. The molecule has 0 heterocycles. The molecule has 1 aromatic rings. The van der Waals surface area contributed by atoms with E-state index in [9.17, 15) is 28.4 Å². The Balaban J connectivity index is 2.95. The zero-order valence-corrected chi connectivity index (χ0v) is 12.6. The van der Waals surface area contributed by atoms with Crippen molar-refractivity contribution in [2.45, 2.75) is 32.0 Å². The highest BCUT2D eigenvalue weighted by molar-refractivity contribution is 9.10. The summed E-state index contributed by atoms with van der Waals surface area (Å²) in [7, 11) is 0. The Morgan fingerprint density at radius 1 is 1.48 bits per heavy atom. The highest BCUT2D eigenvalue weighted by atomic mass is 79.9. The van der Waals surface area contributed by atoms with E-state index >= 15 is 0 Å². The predicted molar refractivity (Wildman–Crippen MR) is 72.2 cm³/mol. The van der Waals surface area contributed by atoms with Crippen LogP contribution in [-0.4, -0.2) is 22.8 Å². The number of nitro benzene ring substituents is 1. The molecule has 9 heteroatoms. The first-order valence-electron chi connectivity index (χ1n) is 5.97. The van der Waals surface area contributed by atoms with E-state index in [-0.39, 0.29) is 24.3 Å². The van der Waals surface area contributed by atoms with Gasteiger partial charge in [0.2, 0.25) is 5.75 Å². The number of benzene rings is 1. The molecule has 0 saturated carbocycles. The molecule has 0 amide bonds. The molecule has 0 aliphatic carbocycles. The molecule has 0 fully saturated rings. The number of nitro groups is 1. The Bertz CT molecular complexity index is 520. The van der Waals surface area contributed by atoms with Crippen molar-refractivity contribution in [2.24, 2.45) is 0 Å². The average molecular weight is 372 g/mol. The van der Waals surface area contributed by atoms with Crippen molar-refractivity contribution < 1.29 is 27.9 Å². The monoisotopic (exact) mass is 371 g/mol. The van der Waals surface area contributed by atoms with E-state index in [2.05, 4.69) is 15.9 Å². The molecular weight excluding hydrogens is 359 g/mol. The number of ether oxygens (including phenoxy) is 1. The third kappa shape index (κ3) is 5.50. The van der Waals surface area contributed by atoms with Crippen LogP contribution in [0, 0.1) is 10.1 Å².